The summed E-state index contributed by atoms with van der Waals surface area (Å²) in [6.07, 6.45) is 1.08. The Morgan fingerprint density at radius 3 is 3.15 bits per heavy atom. The van der Waals surface area contributed by atoms with Gasteiger partial charge in [-0.25, -0.2) is 9.67 Å². The highest BCUT2D eigenvalue weighted by Crippen LogP contribution is 2.23. The minimum Gasteiger partial charge on any atom is -0.390 e. The van der Waals surface area contributed by atoms with E-state index >= 15 is 0 Å². The highest BCUT2D eigenvalue weighted by Gasteiger charge is 2.31. The van der Waals surface area contributed by atoms with Crippen LogP contribution in [0.1, 0.15) is 18.7 Å². The van der Waals surface area contributed by atoms with Crippen LogP contribution >= 0.6 is 0 Å². The number of aliphatic hydroxyl groups is 1. The van der Waals surface area contributed by atoms with Crippen LogP contribution in [0.15, 0.2) is 6.33 Å². The first-order valence-electron chi connectivity index (χ1n) is 4.46. The number of rotatable bonds is 2. The van der Waals surface area contributed by atoms with Gasteiger partial charge in [-0.05, 0) is 6.92 Å². The maximum absolute atomic E-state index is 9.57. The maximum Gasteiger partial charge on any atom is 0.138 e. The van der Waals surface area contributed by atoms with Gasteiger partial charge in [-0.2, -0.15) is 5.10 Å². The Labute approximate surface area is 76.3 Å². The van der Waals surface area contributed by atoms with E-state index in [-0.39, 0.29) is 5.92 Å². The van der Waals surface area contributed by atoms with Crippen LogP contribution in [0.2, 0.25) is 0 Å². The van der Waals surface area contributed by atoms with Gasteiger partial charge in [-0.1, -0.05) is 0 Å². The summed E-state index contributed by atoms with van der Waals surface area (Å²) in [5, 5.41) is 13.6. The van der Waals surface area contributed by atoms with Crippen LogP contribution in [-0.2, 0) is 11.3 Å². The number of aryl methyl sites for hydroxylation is 1. The molecular formula is C8H13N3O2. The van der Waals surface area contributed by atoms with E-state index in [1.807, 2.05) is 6.92 Å². The summed E-state index contributed by atoms with van der Waals surface area (Å²) in [4.78, 5) is 4.13. The maximum atomic E-state index is 9.57. The summed E-state index contributed by atoms with van der Waals surface area (Å²) in [7, 11) is 0. The van der Waals surface area contributed by atoms with Gasteiger partial charge in [-0.15, -0.1) is 0 Å². The molecule has 0 radical (unpaired) electrons. The van der Waals surface area contributed by atoms with Crippen LogP contribution in [0, 0.1) is 0 Å². The Hall–Kier alpha value is -0.940. The molecule has 2 atom stereocenters. The molecule has 0 amide bonds. The molecule has 0 saturated carbocycles. The lowest BCUT2D eigenvalue weighted by Gasteiger charge is -2.11. The van der Waals surface area contributed by atoms with Gasteiger partial charge in [-0.3, -0.25) is 0 Å². The summed E-state index contributed by atoms with van der Waals surface area (Å²) in [5.74, 6) is 0.815. The Morgan fingerprint density at radius 2 is 2.54 bits per heavy atom. The first-order valence-corrected chi connectivity index (χ1v) is 4.46. The van der Waals surface area contributed by atoms with Crippen molar-refractivity contribution in [3.8, 4) is 0 Å². The zero-order valence-corrected chi connectivity index (χ0v) is 7.55. The molecule has 0 unspecified atom stereocenters. The van der Waals surface area contributed by atoms with Crippen molar-refractivity contribution < 1.29 is 9.84 Å². The monoisotopic (exact) mass is 183 g/mol. The number of aliphatic hydroxyl groups excluding tert-OH is 1. The Morgan fingerprint density at radius 1 is 1.69 bits per heavy atom. The lowest BCUT2D eigenvalue weighted by molar-refractivity contribution is 0.124. The highest BCUT2D eigenvalue weighted by molar-refractivity contribution is 5.01. The van der Waals surface area contributed by atoms with Crippen LogP contribution in [0.25, 0.3) is 0 Å². The average molecular weight is 183 g/mol. The van der Waals surface area contributed by atoms with Gasteiger partial charge >= 0.3 is 0 Å². The molecule has 5 heteroatoms. The SMILES string of the molecule is CCn1ncnc1[C@@H]1COC[C@H]1O. The van der Waals surface area contributed by atoms with Crippen LogP contribution in [0.5, 0.6) is 0 Å². The molecule has 1 aromatic heterocycles. The first kappa shape index (κ1) is 8.65. The van der Waals surface area contributed by atoms with Crippen molar-refractivity contribution in [2.45, 2.75) is 25.5 Å². The van der Waals surface area contributed by atoms with Crippen molar-refractivity contribution in [1.29, 1.82) is 0 Å². The molecule has 0 spiro atoms. The third-order valence-electron chi connectivity index (χ3n) is 2.33. The predicted octanol–water partition coefficient (Wildman–Crippen LogP) is -0.227. The molecule has 2 rings (SSSR count). The molecule has 1 fully saturated rings. The molecule has 1 aromatic rings. The molecule has 0 bridgehead atoms. The van der Waals surface area contributed by atoms with Gasteiger partial charge in [0, 0.05) is 6.54 Å². The zero-order chi connectivity index (χ0) is 9.26. The lowest BCUT2D eigenvalue weighted by atomic mass is 10.1. The van der Waals surface area contributed by atoms with E-state index in [9.17, 15) is 5.11 Å². The number of ether oxygens (including phenoxy) is 1. The number of hydrogen-bond donors (Lipinski definition) is 1. The lowest BCUT2D eigenvalue weighted by Crippen LogP contribution is -2.20. The molecule has 1 saturated heterocycles. The van der Waals surface area contributed by atoms with Crippen LogP contribution in [-0.4, -0.2) is 39.2 Å². The molecule has 1 aliphatic rings. The van der Waals surface area contributed by atoms with E-state index in [0.29, 0.717) is 13.2 Å². The Kier molecular flexibility index (Phi) is 2.28. The van der Waals surface area contributed by atoms with E-state index in [1.165, 1.54) is 6.33 Å². The molecule has 72 valence electrons. The number of nitrogens with zero attached hydrogens (tertiary/aromatic N) is 3. The molecule has 0 aliphatic carbocycles. The smallest absolute Gasteiger partial charge is 0.138 e. The van der Waals surface area contributed by atoms with Gasteiger partial charge in [0.1, 0.15) is 12.2 Å². The quantitative estimate of drug-likeness (QED) is 0.688. The standard InChI is InChI=1S/C8H13N3O2/c1-2-11-8(9-5-10-11)6-3-13-4-7(6)12/h5-7,12H,2-4H2,1H3/t6-,7-/m1/s1. The molecule has 5 nitrogen and oxygen atoms in total. The van der Waals surface area contributed by atoms with Gasteiger partial charge in [0.15, 0.2) is 0 Å². The van der Waals surface area contributed by atoms with E-state index in [0.717, 1.165) is 12.4 Å². The second-order valence-corrected chi connectivity index (χ2v) is 3.15. The normalized spacial score (nSPS) is 28.2. The van der Waals surface area contributed by atoms with Crippen LogP contribution < -0.4 is 0 Å². The minimum atomic E-state index is -0.436. The summed E-state index contributed by atoms with van der Waals surface area (Å²) in [6.45, 7) is 3.72. The topological polar surface area (TPSA) is 60.2 Å². The van der Waals surface area contributed by atoms with E-state index in [1.54, 1.807) is 4.68 Å². The van der Waals surface area contributed by atoms with E-state index < -0.39 is 6.10 Å². The predicted molar refractivity (Wildman–Crippen MR) is 45.3 cm³/mol. The second kappa shape index (κ2) is 3.43. The Balaban J connectivity index is 2.23. The minimum absolute atomic E-state index is 0.0116. The summed E-state index contributed by atoms with van der Waals surface area (Å²) < 4.78 is 6.96. The van der Waals surface area contributed by atoms with Crippen molar-refractivity contribution in [3.63, 3.8) is 0 Å². The largest absolute Gasteiger partial charge is 0.390 e. The average Bonchev–Trinajstić information content (AvgIpc) is 2.71. The fourth-order valence-electron chi connectivity index (χ4n) is 1.59. The molecule has 1 N–H and O–H groups in total. The Bertz CT molecular complexity index is 287. The number of aromatic nitrogens is 3. The van der Waals surface area contributed by atoms with Crippen molar-refractivity contribution in [1.82, 2.24) is 14.8 Å². The van der Waals surface area contributed by atoms with Crippen LogP contribution in [0.4, 0.5) is 0 Å². The van der Waals surface area contributed by atoms with Crippen molar-refractivity contribution in [2.75, 3.05) is 13.2 Å². The fraction of sp³-hybridized carbons (Fsp3) is 0.750. The van der Waals surface area contributed by atoms with E-state index in [4.69, 9.17) is 4.74 Å². The summed E-state index contributed by atoms with van der Waals surface area (Å²) in [6, 6.07) is 0. The van der Waals surface area contributed by atoms with Gasteiger partial charge < -0.3 is 9.84 Å². The van der Waals surface area contributed by atoms with Crippen molar-refractivity contribution in [2.24, 2.45) is 0 Å². The highest BCUT2D eigenvalue weighted by atomic mass is 16.5. The van der Waals surface area contributed by atoms with Crippen molar-refractivity contribution in [3.05, 3.63) is 12.2 Å². The zero-order valence-electron chi connectivity index (χ0n) is 7.55. The first-order chi connectivity index (χ1) is 6.33. The molecule has 0 aromatic carbocycles. The summed E-state index contributed by atoms with van der Waals surface area (Å²) >= 11 is 0. The van der Waals surface area contributed by atoms with Gasteiger partial charge in [0.05, 0.1) is 25.2 Å². The third-order valence-corrected chi connectivity index (χ3v) is 2.33. The molecule has 2 heterocycles. The van der Waals surface area contributed by atoms with E-state index in [2.05, 4.69) is 10.1 Å². The van der Waals surface area contributed by atoms with Gasteiger partial charge in [0.2, 0.25) is 0 Å². The fourth-order valence-corrected chi connectivity index (χ4v) is 1.59. The number of hydrogen-bond acceptors (Lipinski definition) is 4. The molecule has 13 heavy (non-hydrogen) atoms. The van der Waals surface area contributed by atoms with Crippen molar-refractivity contribution >= 4 is 0 Å². The molecule has 1 aliphatic heterocycles. The third kappa shape index (κ3) is 1.45. The van der Waals surface area contributed by atoms with Crippen LogP contribution in [0.3, 0.4) is 0 Å². The molecular weight excluding hydrogens is 170 g/mol. The van der Waals surface area contributed by atoms with Gasteiger partial charge in [0.25, 0.3) is 0 Å². The second-order valence-electron chi connectivity index (χ2n) is 3.15. The summed E-state index contributed by atoms with van der Waals surface area (Å²) in [5.41, 5.74) is 0.